The van der Waals surface area contributed by atoms with Crippen molar-refractivity contribution in [2.75, 3.05) is 19.0 Å². The van der Waals surface area contributed by atoms with Gasteiger partial charge in [0.15, 0.2) is 16.3 Å². The zero-order valence-electron chi connectivity index (χ0n) is 17.5. The van der Waals surface area contributed by atoms with Crippen molar-refractivity contribution in [1.29, 1.82) is 0 Å². The summed E-state index contributed by atoms with van der Waals surface area (Å²) >= 11 is 1.35. The molecule has 0 aliphatic carbocycles. The molecule has 7 nitrogen and oxygen atoms in total. The van der Waals surface area contributed by atoms with Crippen LogP contribution in [0, 0.1) is 0 Å². The Hall–Kier alpha value is -3.49. The number of hydrogen-bond donors (Lipinski definition) is 1. The molecule has 32 heavy (non-hydrogen) atoms. The van der Waals surface area contributed by atoms with Crippen molar-refractivity contribution in [3.8, 4) is 5.75 Å². The fourth-order valence-corrected chi connectivity index (χ4v) is 4.59. The van der Waals surface area contributed by atoms with Crippen molar-refractivity contribution in [3.05, 3.63) is 86.7 Å². The largest absolute Gasteiger partial charge is 0.497 e. The van der Waals surface area contributed by atoms with Crippen LogP contribution in [0.5, 0.6) is 5.75 Å². The van der Waals surface area contributed by atoms with E-state index >= 15 is 0 Å². The van der Waals surface area contributed by atoms with Crippen LogP contribution in [0.3, 0.4) is 0 Å². The van der Waals surface area contributed by atoms with E-state index in [0.29, 0.717) is 22.6 Å². The number of para-hydroxylation sites is 1. The zero-order valence-corrected chi connectivity index (χ0v) is 18.3. The highest BCUT2D eigenvalue weighted by atomic mass is 32.1. The summed E-state index contributed by atoms with van der Waals surface area (Å²) < 4.78 is 10.9. The highest BCUT2D eigenvalue weighted by molar-refractivity contribution is 7.13. The van der Waals surface area contributed by atoms with Crippen LogP contribution >= 0.6 is 11.3 Å². The maximum absolute atomic E-state index is 12.6. The molecule has 0 fully saturated rings. The average molecular weight is 448 g/mol. The molecular weight excluding hydrogens is 426 g/mol. The van der Waals surface area contributed by atoms with Gasteiger partial charge in [-0.15, -0.1) is 11.3 Å². The second-order valence-electron chi connectivity index (χ2n) is 7.66. The molecule has 0 unspecified atom stereocenters. The maximum atomic E-state index is 12.6. The Morgan fingerprint density at radius 3 is 2.97 bits per heavy atom. The average Bonchev–Trinajstić information content (AvgIpc) is 3.25. The molecule has 162 valence electrons. The van der Waals surface area contributed by atoms with Crippen LogP contribution in [0.25, 0.3) is 11.0 Å². The van der Waals surface area contributed by atoms with E-state index in [1.807, 2.05) is 11.4 Å². The Morgan fingerprint density at radius 1 is 1.22 bits per heavy atom. The Kier molecular flexibility index (Phi) is 5.46. The Bertz CT molecular complexity index is 1360. The lowest BCUT2D eigenvalue weighted by Crippen LogP contribution is -2.30. The zero-order chi connectivity index (χ0) is 22.1. The fraction of sp³-hybridized carbons (Fsp3) is 0.208. The molecule has 0 spiro atoms. The number of carbonyl (C=O) groups is 1. The molecule has 0 saturated heterocycles. The van der Waals surface area contributed by atoms with E-state index in [1.165, 1.54) is 28.5 Å². The summed E-state index contributed by atoms with van der Waals surface area (Å²) in [5.41, 5.74) is 3.64. The molecule has 3 heterocycles. The first kappa shape index (κ1) is 20.4. The Labute approximate surface area is 188 Å². The normalized spacial score (nSPS) is 13.7. The number of anilines is 1. The van der Waals surface area contributed by atoms with Gasteiger partial charge < -0.3 is 9.15 Å². The molecule has 1 aliphatic heterocycles. The van der Waals surface area contributed by atoms with Crippen LogP contribution in [0.2, 0.25) is 0 Å². The van der Waals surface area contributed by atoms with Crippen molar-refractivity contribution in [2.24, 2.45) is 0 Å². The lowest BCUT2D eigenvalue weighted by molar-refractivity contribution is 0.0997. The van der Waals surface area contributed by atoms with Crippen LogP contribution < -0.4 is 15.5 Å². The number of amides is 1. The number of rotatable bonds is 5. The first-order valence-electron chi connectivity index (χ1n) is 10.3. The molecule has 0 radical (unpaired) electrons. The third kappa shape index (κ3) is 4.15. The third-order valence-electron chi connectivity index (χ3n) is 5.52. The SMILES string of the molecule is COc1ccc2c(c1)CCN(Cc1csc(NC(=O)c3cc(=O)c4ccccc4o3)n1)C2. The van der Waals surface area contributed by atoms with Gasteiger partial charge in [0, 0.05) is 31.1 Å². The predicted molar refractivity (Wildman–Crippen MR) is 123 cm³/mol. The van der Waals surface area contributed by atoms with Crippen LogP contribution in [0.15, 0.2) is 63.1 Å². The molecule has 8 heteroatoms. The minimum Gasteiger partial charge on any atom is -0.497 e. The van der Waals surface area contributed by atoms with Crippen molar-refractivity contribution < 1.29 is 13.9 Å². The van der Waals surface area contributed by atoms with Crippen LogP contribution in [0.4, 0.5) is 5.13 Å². The van der Waals surface area contributed by atoms with Crippen LogP contribution in [-0.2, 0) is 19.5 Å². The summed E-state index contributed by atoms with van der Waals surface area (Å²) in [6.07, 6.45) is 0.960. The number of hydrogen-bond acceptors (Lipinski definition) is 7. The van der Waals surface area contributed by atoms with Gasteiger partial charge in [-0.25, -0.2) is 4.98 Å². The number of thiazole rings is 1. The van der Waals surface area contributed by atoms with Crippen molar-refractivity contribution in [1.82, 2.24) is 9.88 Å². The van der Waals surface area contributed by atoms with Crippen molar-refractivity contribution in [3.63, 3.8) is 0 Å². The molecule has 1 amide bonds. The van der Waals surface area contributed by atoms with Gasteiger partial charge in [-0.05, 0) is 41.8 Å². The van der Waals surface area contributed by atoms with Gasteiger partial charge in [-0.1, -0.05) is 18.2 Å². The standard InChI is InChI=1S/C24H21N3O4S/c1-30-18-7-6-16-12-27(9-8-15(16)10-18)13-17-14-32-24(25-17)26-23(29)22-11-20(28)19-4-2-3-5-21(19)31-22/h2-7,10-11,14H,8-9,12-13H2,1H3,(H,25,26,29). The quantitative estimate of drug-likeness (QED) is 0.497. The van der Waals surface area contributed by atoms with E-state index in [4.69, 9.17) is 9.15 Å². The molecule has 0 saturated carbocycles. The molecule has 5 rings (SSSR count). The monoisotopic (exact) mass is 447 g/mol. The number of methoxy groups -OCH3 is 1. The summed E-state index contributed by atoms with van der Waals surface area (Å²) in [7, 11) is 1.68. The van der Waals surface area contributed by atoms with Crippen LogP contribution in [-0.4, -0.2) is 29.4 Å². The molecule has 0 atom stereocenters. The summed E-state index contributed by atoms with van der Waals surface area (Å²) in [5.74, 6) is 0.363. The highest BCUT2D eigenvalue weighted by Gasteiger charge is 2.19. The third-order valence-corrected chi connectivity index (χ3v) is 6.33. The lowest BCUT2D eigenvalue weighted by Gasteiger charge is -2.28. The molecule has 1 aliphatic rings. The van der Waals surface area contributed by atoms with Gasteiger partial charge in [-0.3, -0.25) is 19.8 Å². The van der Waals surface area contributed by atoms with Crippen molar-refractivity contribution in [2.45, 2.75) is 19.5 Å². The highest BCUT2D eigenvalue weighted by Crippen LogP contribution is 2.25. The predicted octanol–water partition coefficient (Wildman–Crippen LogP) is 4.07. The number of aromatic nitrogens is 1. The number of nitrogens with zero attached hydrogens (tertiary/aromatic N) is 2. The van der Waals surface area contributed by atoms with E-state index in [2.05, 4.69) is 27.3 Å². The number of ether oxygens (including phenoxy) is 1. The fourth-order valence-electron chi connectivity index (χ4n) is 3.89. The summed E-state index contributed by atoms with van der Waals surface area (Å²) in [4.78, 5) is 31.7. The van der Waals surface area contributed by atoms with E-state index < -0.39 is 5.91 Å². The van der Waals surface area contributed by atoms with E-state index in [1.54, 1.807) is 31.4 Å². The molecule has 0 bridgehead atoms. The van der Waals surface area contributed by atoms with Gasteiger partial charge in [-0.2, -0.15) is 0 Å². The van der Waals surface area contributed by atoms with Crippen LogP contribution in [0.1, 0.15) is 27.4 Å². The van der Waals surface area contributed by atoms with E-state index in [0.717, 1.165) is 31.0 Å². The minimum absolute atomic E-state index is 0.0338. The maximum Gasteiger partial charge on any atom is 0.293 e. The first-order valence-corrected chi connectivity index (χ1v) is 11.1. The molecule has 1 N–H and O–H groups in total. The number of fused-ring (bicyclic) bond motifs is 2. The summed E-state index contributed by atoms with van der Waals surface area (Å²) in [6, 6.07) is 14.3. The van der Waals surface area contributed by atoms with Gasteiger partial charge >= 0.3 is 0 Å². The second kappa shape index (κ2) is 8.57. The molecular formula is C24H21N3O4S. The number of nitrogens with one attached hydrogen (secondary N) is 1. The summed E-state index contributed by atoms with van der Waals surface area (Å²) in [5, 5.41) is 5.60. The second-order valence-corrected chi connectivity index (χ2v) is 8.52. The Balaban J connectivity index is 1.25. The Morgan fingerprint density at radius 2 is 2.09 bits per heavy atom. The topological polar surface area (TPSA) is 84.7 Å². The lowest BCUT2D eigenvalue weighted by atomic mass is 9.99. The minimum atomic E-state index is -0.491. The number of benzene rings is 2. The van der Waals surface area contributed by atoms with E-state index in [-0.39, 0.29) is 11.2 Å². The first-order chi connectivity index (χ1) is 15.6. The van der Waals surface area contributed by atoms with Gasteiger partial charge in [0.05, 0.1) is 18.2 Å². The van der Waals surface area contributed by atoms with E-state index in [9.17, 15) is 9.59 Å². The molecule has 2 aromatic heterocycles. The molecule has 2 aromatic carbocycles. The van der Waals surface area contributed by atoms with Gasteiger partial charge in [0.1, 0.15) is 11.3 Å². The molecule has 4 aromatic rings. The van der Waals surface area contributed by atoms with Gasteiger partial charge in [0.25, 0.3) is 5.91 Å². The number of carbonyl (C=O) groups excluding carboxylic acids is 1. The summed E-state index contributed by atoms with van der Waals surface area (Å²) in [6.45, 7) is 2.48. The van der Waals surface area contributed by atoms with Gasteiger partial charge in [0.2, 0.25) is 0 Å². The van der Waals surface area contributed by atoms with Crippen molar-refractivity contribution >= 4 is 33.3 Å². The smallest absolute Gasteiger partial charge is 0.293 e.